The van der Waals surface area contributed by atoms with Gasteiger partial charge in [-0.25, -0.2) is 5.84 Å². The molecular weight excluding hydrogens is 324 g/mol. The molecule has 1 aromatic carbocycles. The van der Waals surface area contributed by atoms with Crippen LogP contribution in [0.25, 0.3) is 0 Å². The van der Waals surface area contributed by atoms with E-state index in [-0.39, 0.29) is 12.4 Å². The van der Waals surface area contributed by atoms with Crippen LogP contribution in [0, 0.1) is 13.8 Å². The molecule has 6 heteroatoms. The molecule has 20 heavy (non-hydrogen) atoms. The highest BCUT2D eigenvalue weighted by atomic mass is 79.9. The Labute approximate surface area is 125 Å². The highest BCUT2D eigenvalue weighted by molar-refractivity contribution is 9.10. The van der Waals surface area contributed by atoms with Crippen molar-refractivity contribution in [3.05, 3.63) is 51.4 Å². The van der Waals surface area contributed by atoms with E-state index in [9.17, 15) is 4.79 Å². The molecule has 1 amide bonds. The molecule has 1 heterocycles. The lowest BCUT2D eigenvalue weighted by Crippen LogP contribution is -2.30. The van der Waals surface area contributed by atoms with Gasteiger partial charge in [0.15, 0.2) is 5.76 Å². The first-order chi connectivity index (χ1) is 9.51. The van der Waals surface area contributed by atoms with Gasteiger partial charge >= 0.3 is 5.91 Å². The first-order valence-electron chi connectivity index (χ1n) is 6.00. The van der Waals surface area contributed by atoms with Crippen LogP contribution < -0.4 is 16.0 Å². The van der Waals surface area contributed by atoms with Crippen LogP contribution in [0.5, 0.6) is 5.75 Å². The van der Waals surface area contributed by atoms with E-state index in [0.717, 1.165) is 21.3 Å². The molecule has 2 rings (SSSR count). The topological polar surface area (TPSA) is 77.5 Å². The lowest BCUT2D eigenvalue weighted by molar-refractivity contribution is 0.0921. The van der Waals surface area contributed by atoms with Gasteiger partial charge in [-0.3, -0.25) is 10.2 Å². The monoisotopic (exact) mass is 338 g/mol. The van der Waals surface area contributed by atoms with Crippen molar-refractivity contribution in [2.75, 3.05) is 0 Å². The van der Waals surface area contributed by atoms with Crippen LogP contribution in [0.3, 0.4) is 0 Å². The van der Waals surface area contributed by atoms with Crippen LogP contribution in [-0.2, 0) is 6.61 Å². The zero-order chi connectivity index (χ0) is 14.7. The number of rotatable bonds is 4. The van der Waals surface area contributed by atoms with E-state index in [2.05, 4.69) is 15.9 Å². The molecule has 0 unspecified atom stereocenters. The van der Waals surface area contributed by atoms with Gasteiger partial charge < -0.3 is 9.15 Å². The third-order valence-corrected chi connectivity index (χ3v) is 3.32. The van der Waals surface area contributed by atoms with Crippen LogP contribution in [-0.4, -0.2) is 5.91 Å². The van der Waals surface area contributed by atoms with Crippen LogP contribution in [0.4, 0.5) is 0 Å². The van der Waals surface area contributed by atoms with Crippen molar-refractivity contribution in [1.29, 1.82) is 0 Å². The molecule has 0 saturated heterocycles. The molecule has 0 saturated carbocycles. The maximum absolute atomic E-state index is 11.4. The van der Waals surface area contributed by atoms with Gasteiger partial charge in [0.2, 0.25) is 0 Å². The number of benzene rings is 1. The van der Waals surface area contributed by atoms with E-state index in [1.165, 1.54) is 0 Å². The summed E-state index contributed by atoms with van der Waals surface area (Å²) in [7, 11) is 0. The molecule has 0 aliphatic rings. The van der Waals surface area contributed by atoms with Crippen LogP contribution >= 0.6 is 15.9 Å². The van der Waals surface area contributed by atoms with Crippen LogP contribution in [0.2, 0.25) is 0 Å². The number of nitrogens with two attached hydrogens (primary N) is 1. The van der Waals surface area contributed by atoms with Crippen molar-refractivity contribution in [3.63, 3.8) is 0 Å². The third-order valence-electron chi connectivity index (χ3n) is 2.83. The minimum atomic E-state index is -0.451. The van der Waals surface area contributed by atoms with E-state index < -0.39 is 5.91 Å². The average molecular weight is 339 g/mol. The van der Waals surface area contributed by atoms with Crippen molar-refractivity contribution in [2.24, 2.45) is 5.84 Å². The molecule has 1 aromatic heterocycles. The first kappa shape index (κ1) is 14.6. The smallest absolute Gasteiger partial charge is 0.301 e. The van der Waals surface area contributed by atoms with Gasteiger partial charge in [-0.1, -0.05) is 22.0 Å². The largest absolute Gasteiger partial charge is 0.485 e. The zero-order valence-electron chi connectivity index (χ0n) is 11.2. The van der Waals surface area contributed by atoms with E-state index in [1.54, 1.807) is 13.0 Å². The zero-order valence-corrected chi connectivity index (χ0v) is 12.8. The Morgan fingerprint density at radius 3 is 2.80 bits per heavy atom. The molecule has 106 valence electrons. The number of furan rings is 1. The van der Waals surface area contributed by atoms with Crippen molar-refractivity contribution < 1.29 is 13.9 Å². The standard InChI is InChI=1S/C14H15BrN2O3/c1-8-3-4-10(15)6-12(8)19-7-11-5-9(2)13(20-11)14(18)17-16/h3-6H,7,16H2,1-2H3,(H,17,18). The summed E-state index contributed by atoms with van der Waals surface area (Å²) in [6.07, 6.45) is 0. The van der Waals surface area contributed by atoms with E-state index in [0.29, 0.717) is 5.76 Å². The molecule has 0 bridgehead atoms. The fraction of sp³-hybridized carbons (Fsp3) is 0.214. The quantitative estimate of drug-likeness (QED) is 0.510. The van der Waals surface area contributed by atoms with Gasteiger partial charge in [0.1, 0.15) is 18.1 Å². The number of nitrogen functional groups attached to an aromatic ring is 1. The van der Waals surface area contributed by atoms with Crippen molar-refractivity contribution in [2.45, 2.75) is 20.5 Å². The number of hydrazine groups is 1. The predicted octanol–water partition coefficient (Wildman–Crippen LogP) is 2.84. The summed E-state index contributed by atoms with van der Waals surface area (Å²) in [4.78, 5) is 11.4. The Hall–Kier alpha value is -1.79. The maximum atomic E-state index is 11.4. The second-order valence-electron chi connectivity index (χ2n) is 4.40. The molecular formula is C14H15BrN2O3. The Morgan fingerprint density at radius 2 is 2.10 bits per heavy atom. The normalized spacial score (nSPS) is 10.4. The van der Waals surface area contributed by atoms with Gasteiger partial charge in [0.25, 0.3) is 0 Å². The number of amides is 1. The first-order valence-corrected chi connectivity index (χ1v) is 6.79. The molecule has 0 aliphatic heterocycles. The molecule has 0 radical (unpaired) electrons. The lowest BCUT2D eigenvalue weighted by Gasteiger charge is -2.07. The van der Waals surface area contributed by atoms with Crippen molar-refractivity contribution >= 4 is 21.8 Å². The number of carbonyl (C=O) groups is 1. The summed E-state index contributed by atoms with van der Waals surface area (Å²) >= 11 is 3.40. The molecule has 0 spiro atoms. The minimum absolute atomic E-state index is 0.206. The lowest BCUT2D eigenvalue weighted by atomic mass is 10.2. The summed E-state index contributed by atoms with van der Waals surface area (Å²) in [5, 5.41) is 0. The average Bonchev–Trinajstić information content (AvgIpc) is 2.80. The number of aryl methyl sites for hydroxylation is 2. The van der Waals surface area contributed by atoms with Crippen molar-refractivity contribution in [3.8, 4) is 5.75 Å². The molecule has 0 aliphatic carbocycles. The summed E-state index contributed by atoms with van der Waals surface area (Å²) in [5.41, 5.74) is 3.79. The fourth-order valence-electron chi connectivity index (χ4n) is 1.79. The highest BCUT2D eigenvalue weighted by Gasteiger charge is 2.15. The molecule has 2 aromatic rings. The predicted molar refractivity (Wildman–Crippen MR) is 78.3 cm³/mol. The Balaban J connectivity index is 2.11. The van der Waals surface area contributed by atoms with E-state index in [1.807, 2.05) is 30.5 Å². The van der Waals surface area contributed by atoms with E-state index in [4.69, 9.17) is 15.0 Å². The second kappa shape index (κ2) is 6.11. The van der Waals surface area contributed by atoms with Crippen LogP contribution in [0.15, 0.2) is 33.2 Å². The molecule has 0 fully saturated rings. The Bertz CT molecular complexity index is 637. The van der Waals surface area contributed by atoms with Gasteiger partial charge in [0.05, 0.1) is 0 Å². The van der Waals surface area contributed by atoms with Gasteiger partial charge in [-0.05, 0) is 37.6 Å². The third kappa shape index (κ3) is 3.20. The number of halogens is 1. The molecule has 3 N–H and O–H groups in total. The summed E-state index contributed by atoms with van der Waals surface area (Å²) < 4.78 is 12.1. The minimum Gasteiger partial charge on any atom is -0.485 e. The van der Waals surface area contributed by atoms with Crippen molar-refractivity contribution in [1.82, 2.24) is 5.43 Å². The number of hydrogen-bond donors (Lipinski definition) is 2. The summed E-state index contributed by atoms with van der Waals surface area (Å²) in [6.45, 7) is 3.99. The Morgan fingerprint density at radius 1 is 1.35 bits per heavy atom. The number of carbonyl (C=O) groups excluding carboxylic acids is 1. The van der Waals surface area contributed by atoms with Gasteiger partial charge in [-0.2, -0.15) is 0 Å². The SMILES string of the molecule is Cc1ccc(Br)cc1OCc1cc(C)c(C(=O)NN)o1. The maximum Gasteiger partial charge on any atom is 0.301 e. The number of nitrogens with one attached hydrogen (secondary N) is 1. The fourth-order valence-corrected chi connectivity index (χ4v) is 2.13. The molecule has 5 nitrogen and oxygen atoms in total. The molecule has 0 atom stereocenters. The summed E-state index contributed by atoms with van der Waals surface area (Å²) in [6, 6.07) is 7.56. The van der Waals surface area contributed by atoms with Crippen LogP contribution in [0.1, 0.15) is 27.4 Å². The number of hydrogen-bond acceptors (Lipinski definition) is 4. The highest BCUT2D eigenvalue weighted by Crippen LogP contribution is 2.24. The van der Waals surface area contributed by atoms with E-state index >= 15 is 0 Å². The Kier molecular flexibility index (Phi) is 4.46. The van der Waals surface area contributed by atoms with Gasteiger partial charge in [-0.15, -0.1) is 0 Å². The van der Waals surface area contributed by atoms with Gasteiger partial charge in [0, 0.05) is 10.0 Å². The second-order valence-corrected chi connectivity index (χ2v) is 5.31. The number of ether oxygens (including phenoxy) is 1. The summed E-state index contributed by atoms with van der Waals surface area (Å²) in [5.74, 6) is 6.17.